The van der Waals surface area contributed by atoms with Gasteiger partial charge in [-0.3, -0.25) is 5.01 Å². The van der Waals surface area contributed by atoms with Gasteiger partial charge in [-0.15, -0.1) is 0 Å². The predicted octanol–water partition coefficient (Wildman–Crippen LogP) is 6.18. The minimum Gasteiger partial charge on any atom is -0.382 e. The number of likely N-dealkylation sites (N-methyl/N-ethyl adjacent to an activating group) is 1. The molecule has 0 aromatic heterocycles. The van der Waals surface area contributed by atoms with Crippen molar-refractivity contribution in [2.24, 2.45) is 0 Å². The largest absolute Gasteiger partial charge is 0.382 e. The number of anilines is 1. The van der Waals surface area contributed by atoms with E-state index in [1.54, 1.807) is 23.2 Å². The molecule has 4 rings (SSSR count). The van der Waals surface area contributed by atoms with Crippen molar-refractivity contribution in [3.05, 3.63) is 69.3 Å². The highest BCUT2D eigenvalue weighted by Gasteiger charge is 2.38. The first-order valence-electron chi connectivity index (χ1n) is 9.83. The Morgan fingerprint density at radius 2 is 1.73 bits per heavy atom. The molecule has 0 spiro atoms. The third kappa shape index (κ3) is 4.01. The Balaban J connectivity index is 1.87. The van der Waals surface area contributed by atoms with Gasteiger partial charge >= 0.3 is 0 Å². The van der Waals surface area contributed by atoms with E-state index < -0.39 is 17.8 Å². The average Bonchev–Trinajstić information content (AvgIpc) is 3.17. The fraction of sp³-hybridized carbons (Fsp3) is 0.364. The van der Waals surface area contributed by atoms with Crippen molar-refractivity contribution < 1.29 is 13.2 Å². The third-order valence-corrected chi connectivity index (χ3v) is 6.31. The van der Waals surface area contributed by atoms with E-state index in [9.17, 15) is 13.2 Å². The van der Waals surface area contributed by atoms with E-state index in [-0.39, 0.29) is 12.1 Å². The molecule has 3 atom stereocenters. The molecule has 2 aromatic rings. The van der Waals surface area contributed by atoms with Crippen LogP contribution in [0.4, 0.5) is 18.9 Å². The summed E-state index contributed by atoms with van der Waals surface area (Å²) in [7, 11) is 1.83. The highest BCUT2D eigenvalue weighted by molar-refractivity contribution is 6.35. The molecule has 1 unspecified atom stereocenters. The quantitative estimate of drug-likeness (QED) is 0.593. The smallest absolute Gasteiger partial charge is 0.128 e. The summed E-state index contributed by atoms with van der Waals surface area (Å²) in [5.41, 5.74) is 2.48. The molecule has 30 heavy (non-hydrogen) atoms. The van der Waals surface area contributed by atoms with Gasteiger partial charge in [0, 0.05) is 29.7 Å². The summed E-state index contributed by atoms with van der Waals surface area (Å²) in [6, 6.07) is 8.33. The molecule has 8 heteroatoms. The topological polar surface area (TPSA) is 18.5 Å². The monoisotopic (exact) mass is 455 g/mol. The highest BCUT2D eigenvalue weighted by atomic mass is 35.5. The van der Waals surface area contributed by atoms with Crippen molar-refractivity contribution in [1.29, 1.82) is 0 Å². The lowest BCUT2D eigenvalue weighted by Gasteiger charge is -2.31. The number of alkyl halides is 1. The molecule has 2 aromatic carbocycles. The first-order chi connectivity index (χ1) is 14.2. The second-order valence-corrected chi connectivity index (χ2v) is 8.67. The van der Waals surface area contributed by atoms with E-state index in [1.165, 1.54) is 12.1 Å². The Hall–Kier alpha value is -1.89. The van der Waals surface area contributed by atoms with Crippen LogP contribution in [-0.2, 0) is 0 Å². The minimum absolute atomic E-state index is 0.0175. The van der Waals surface area contributed by atoms with Crippen LogP contribution < -0.4 is 10.3 Å². The van der Waals surface area contributed by atoms with Crippen LogP contribution in [0.15, 0.2) is 42.1 Å². The van der Waals surface area contributed by atoms with Crippen molar-refractivity contribution in [3.8, 4) is 0 Å². The van der Waals surface area contributed by atoms with E-state index >= 15 is 0 Å². The summed E-state index contributed by atoms with van der Waals surface area (Å²) < 4.78 is 41.9. The summed E-state index contributed by atoms with van der Waals surface area (Å²) in [5, 5.41) is 7.99. The van der Waals surface area contributed by atoms with Gasteiger partial charge in [-0.2, -0.15) is 0 Å². The highest BCUT2D eigenvalue weighted by Crippen LogP contribution is 2.41. The molecule has 0 radical (unpaired) electrons. The number of hydrogen-bond acceptors (Lipinski definition) is 3. The molecule has 1 fully saturated rings. The summed E-state index contributed by atoms with van der Waals surface area (Å²) in [4.78, 5) is 0. The zero-order valence-electron chi connectivity index (χ0n) is 16.6. The van der Waals surface area contributed by atoms with E-state index in [0.717, 1.165) is 18.2 Å². The third-order valence-electron chi connectivity index (χ3n) is 5.77. The Bertz CT molecular complexity index is 977. The first kappa shape index (κ1) is 21.3. The van der Waals surface area contributed by atoms with E-state index in [4.69, 9.17) is 23.2 Å². The van der Waals surface area contributed by atoms with E-state index in [2.05, 4.69) is 5.32 Å². The van der Waals surface area contributed by atoms with Crippen molar-refractivity contribution in [2.45, 2.75) is 44.4 Å². The average molecular weight is 456 g/mol. The van der Waals surface area contributed by atoms with Gasteiger partial charge in [-0.25, -0.2) is 18.2 Å². The molecule has 1 N–H and O–H groups in total. The number of hydrazine groups is 1. The van der Waals surface area contributed by atoms with E-state index in [0.29, 0.717) is 39.8 Å². The molecule has 0 saturated heterocycles. The van der Waals surface area contributed by atoms with Gasteiger partial charge in [0.25, 0.3) is 0 Å². The van der Waals surface area contributed by atoms with Crippen molar-refractivity contribution in [1.82, 2.24) is 10.3 Å². The molecular weight excluding hydrogens is 434 g/mol. The van der Waals surface area contributed by atoms with Crippen molar-refractivity contribution >= 4 is 34.6 Å². The van der Waals surface area contributed by atoms with Crippen molar-refractivity contribution in [3.63, 3.8) is 0 Å². The Labute approximate surface area is 184 Å². The lowest BCUT2D eigenvalue weighted by atomic mass is 10.1. The first-order valence-corrected chi connectivity index (χ1v) is 10.6. The van der Waals surface area contributed by atoms with Crippen LogP contribution in [0.25, 0.3) is 5.70 Å². The zero-order valence-corrected chi connectivity index (χ0v) is 18.1. The van der Waals surface area contributed by atoms with Crippen LogP contribution in [0.2, 0.25) is 10.0 Å². The molecule has 1 aliphatic heterocycles. The minimum atomic E-state index is -0.825. The summed E-state index contributed by atoms with van der Waals surface area (Å²) in [6.45, 7) is 1.98. The van der Waals surface area contributed by atoms with Gasteiger partial charge in [0.05, 0.1) is 28.1 Å². The molecule has 1 aliphatic carbocycles. The predicted molar refractivity (Wildman–Crippen MR) is 115 cm³/mol. The number of nitrogens with one attached hydrogen (secondary N) is 1. The van der Waals surface area contributed by atoms with Crippen LogP contribution in [0, 0.1) is 11.6 Å². The van der Waals surface area contributed by atoms with Gasteiger partial charge in [-0.05, 0) is 56.5 Å². The lowest BCUT2D eigenvalue weighted by molar-refractivity contribution is 0.303. The second kappa shape index (κ2) is 8.33. The normalized spacial score (nSPS) is 24.8. The van der Waals surface area contributed by atoms with Gasteiger partial charge in [0.1, 0.15) is 17.8 Å². The van der Waals surface area contributed by atoms with Crippen LogP contribution >= 0.6 is 23.2 Å². The fourth-order valence-corrected chi connectivity index (χ4v) is 4.71. The molecule has 160 valence electrons. The number of nitrogens with zero attached hydrogens (tertiary/aromatic N) is 2. The molecule has 1 heterocycles. The molecule has 0 amide bonds. The summed E-state index contributed by atoms with van der Waals surface area (Å²) in [6.07, 6.45) is 0.840. The van der Waals surface area contributed by atoms with Gasteiger partial charge in [0.2, 0.25) is 0 Å². The maximum atomic E-state index is 14.0. The Morgan fingerprint density at radius 3 is 2.33 bits per heavy atom. The SMILES string of the molecule is CC1C(N[C@H]2CC[C@@H](F)C2)=C(c2ccc(Cl)cc2Cl)N(c2cc(F)cc(F)c2)N1C. The molecule has 3 nitrogen and oxygen atoms in total. The Morgan fingerprint density at radius 1 is 1.03 bits per heavy atom. The van der Waals surface area contributed by atoms with Crippen molar-refractivity contribution in [2.75, 3.05) is 12.1 Å². The Kier molecular flexibility index (Phi) is 5.93. The van der Waals surface area contributed by atoms with Crippen LogP contribution in [0.1, 0.15) is 31.7 Å². The van der Waals surface area contributed by atoms with Gasteiger partial charge in [-0.1, -0.05) is 23.2 Å². The number of hydrogen-bond donors (Lipinski definition) is 1. The maximum absolute atomic E-state index is 14.0. The number of rotatable bonds is 4. The molecular formula is C22H22Cl2F3N3. The fourth-order valence-electron chi connectivity index (χ4n) is 4.21. The molecule has 1 saturated carbocycles. The van der Waals surface area contributed by atoms with Gasteiger partial charge in [0.15, 0.2) is 0 Å². The van der Waals surface area contributed by atoms with Gasteiger partial charge < -0.3 is 5.32 Å². The zero-order chi connectivity index (χ0) is 21.6. The maximum Gasteiger partial charge on any atom is 0.128 e. The lowest BCUT2D eigenvalue weighted by Crippen LogP contribution is -2.40. The standard InChI is InChI=1S/C22H22Cl2F3N3/c1-12-21(28-17-5-4-14(25)9-17)22(19-6-3-13(23)7-20(19)24)30(29(12)2)18-10-15(26)8-16(27)11-18/h3,6-8,10-12,14,17,28H,4-5,9H2,1-2H3/t12?,14-,17+/m1/s1. The van der Waals surface area contributed by atoms with Crippen LogP contribution in [-0.4, -0.2) is 30.3 Å². The summed E-state index contributed by atoms with van der Waals surface area (Å²) in [5.74, 6) is -1.35. The second-order valence-electron chi connectivity index (χ2n) is 7.83. The molecule has 2 aliphatic rings. The summed E-state index contributed by atoms with van der Waals surface area (Å²) >= 11 is 12.6. The molecule has 0 bridgehead atoms. The number of halogens is 5. The number of benzene rings is 2. The van der Waals surface area contributed by atoms with Crippen LogP contribution in [0.5, 0.6) is 0 Å². The van der Waals surface area contributed by atoms with Crippen LogP contribution in [0.3, 0.4) is 0 Å². The van der Waals surface area contributed by atoms with E-state index in [1.807, 2.05) is 19.0 Å².